The van der Waals surface area contributed by atoms with Crippen molar-refractivity contribution in [2.24, 2.45) is 38.4 Å². The van der Waals surface area contributed by atoms with E-state index < -0.39 is 27.1 Å². The molecule has 1 rings (SSSR count). The number of ether oxygens (including phenoxy) is 2. The van der Waals surface area contributed by atoms with Crippen molar-refractivity contribution >= 4 is 11.9 Å². The molecule has 0 aliphatic heterocycles. The molecule has 0 heterocycles. The van der Waals surface area contributed by atoms with Crippen LogP contribution < -0.4 is 0 Å². The van der Waals surface area contributed by atoms with Crippen LogP contribution in [0.4, 0.5) is 0 Å². The Morgan fingerprint density at radius 3 is 1.59 bits per heavy atom. The van der Waals surface area contributed by atoms with Gasteiger partial charge in [-0.15, -0.1) is 0 Å². The number of unbranched alkanes of at least 4 members (excludes halogenated alkanes) is 2. The molecule has 0 aromatic heterocycles. The molecule has 4 heteroatoms. The highest BCUT2D eigenvalue weighted by atomic mass is 16.5. The summed E-state index contributed by atoms with van der Waals surface area (Å²) in [5.41, 5.74) is -2.63. The number of hydrogen-bond donors (Lipinski definition) is 0. The summed E-state index contributed by atoms with van der Waals surface area (Å²) in [5.74, 6) is -0.0683. The third kappa shape index (κ3) is 7.21. The average Bonchev–Trinajstić information content (AvgIpc) is 2.87. The molecule has 0 radical (unpaired) electrons. The lowest BCUT2D eigenvalue weighted by Gasteiger charge is -2.65. The Bertz CT molecular complexity index is 972. The molecule has 0 N–H and O–H groups in total. The fourth-order valence-electron chi connectivity index (χ4n) is 6.94. The number of hydrogen-bond acceptors (Lipinski definition) is 4. The summed E-state index contributed by atoms with van der Waals surface area (Å²) in [7, 11) is 0. The highest BCUT2D eigenvalue weighted by Gasteiger charge is 2.69. The molecule has 41 heavy (non-hydrogen) atoms. The minimum absolute atomic E-state index is 0.166. The van der Waals surface area contributed by atoms with E-state index in [1.807, 2.05) is 6.07 Å². The zero-order valence-corrected chi connectivity index (χ0v) is 29.3. The largest absolute Gasteiger partial charge is 0.465 e. The number of esters is 2. The topological polar surface area (TPSA) is 52.6 Å². The van der Waals surface area contributed by atoms with Crippen LogP contribution in [-0.4, -0.2) is 25.2 Å². The fraction of sp³-hybridized carbons (Fsp3) is 0.784. The minimum atomic E-state index is -0.947. The minimum Gasteiger partial charge on any atom is -0.465 e. The molecule has 0 spiro atoms. The lowest BCUT2D eigenvalue weighted by atomic mass is 9.37. The van der Waals surface area contributed by atoms with Gasteiger partial charge in [0.25, 0.3) is 0 Å². The van der Waals surface area contributed by atoms with Crippen LogP contribution in [0.5, 0.6) is 0 Å². The SMILES string of the molecule is CCCCOC(=O)C(C)(CC(C)C)C(C)(C)C(C)(C)C(C)(C(=O)OCCCC)C(C)(C)C(C)(C)Cc1ccccc1. The summed E-state index contributed by atoms with van der Waals surface area (Å²) in [5, 5.41) is 0. The second-order valence-corrected chi connectivity index (χ2v) is 15.5. The van der Waals surface area contributed by atoms with Gasteiger partial charge in [0.05, 0.1) is 24.0 Å². The highest BCUT2D eigenvalue weighted by molar-refractivity contribution is 5.81. The molecular formula is C37H64O4. The Morgan fingerprint density at radius 2 is 1.15 bits per heavy atom. The van der Waals surface area contributed by atoms with Gasteiger partial charge in [0, 0.05) is 0 Å². The first-order valence-corrected chi connectivity index (χ1v) is 16.1. The number of carbonyl (C=O) groups excluding carboxylic acids is 2. The van der Waals surface area contributed by atoms with E-state index in [1.165, 1.54) is 5.56 Å². The maximum Gasteiger partial charge on any atom is 0.312 e. The number of carbonyl (C=O) groups is 2. The van der Waals surface area contributed by atoms with E-state index in [-0.39, 0.29) is 23.3 Å². The van der Waals surface area contributed by atoms with Crippen LogP contribution in [0, 0.1) is 38.4 Å². The predicted molar refractivity (Wildman–Crippen MR) is 173 cm³/mol. The van der Waals surface area contributed by atoms with E-state index in [0.717, 1.165) is 32.1 Å². The van der Waals surface area contributed by atoms with Gasteiger partial charge < -0.3 is 9.47 Å². The van der Waals surface area contributed by atoms with Gasteiger partial charge in [-0.1, -0.05) is 126 Å². The van der Waals surface area contributed by atoms with E-state index >= 15 is 0 Å². The van der Waals surface area contributed by atoms with Crippen LogP contribution >= 0.6 is 0 Å². The zero-order chi connectivity index (χ0) is 31.9. The molecule has 0 saturated carbocycles. The van der Waals surface area contributed by atoms with Crippen LogP contribution in [0.2, 0.25) is 0 Å². The summed E-state index contributed by atoms with van der Waals surface area (Å²) in [6.07, 6.45) is 5.08. The number of rotatable bonds is 17. The Morgan fingerprint density at radius 1 is 0.683 bits per heavy atom. The maximum absolute atomic E-state index is 14.6. The van der Waals surface area contributed by atoms with Crippen molar-refractivity contribution in [2.75, 3.05) is 13.2 Å². The van der Waals surface area contributed by atoms with Crippen LogP contribution in [0.1, 0.15) is 135 Å². The van der Waals surface area contributed by atoms with E-state index in [0.29, 0.717) is 19.6 Å². The smallest absolute Gasteiger partial charge is 0.312 e. The van der Waals surface area contributed by atoms with Crippen molar-refractivity contribution in [3.63, 3.8) is 0 Å². The van der Waals surface area contributed by atoms with Crippen molar-refractivity contribution in [3.8, 4) is 0 Å². The molecule has 236 valence electrons. The van der Waals surface area contributed by atoms with Gasteiger partial charge in [-0.3, -0.25) is 9.59 Å². The van der Waals surface area contributed by atoms with Crippen molar-refractivity contribution in [1.29, 1.82) is 0 Å². The first-order chi connectivity index (χ1) is 18.7. The molecule has 0 bridgehead atoms. The van der Waals surface area contributed by atoms with Gasteiger partial charge in [0.2, 0.25) is 0 Å². The highest BCUT2D eigenvalue weighted by Crippen LogP contribution is 2.69. The van der Waals surface area contributed by atoms with Gasteiger partial charge in [-0.2, -0.15) is 0 Å². The molecule has 1 aromatic rings. The Labute approximate surface area is 253 Å². The summed E-state index contributed by atoms with van der Waals surface area (Å²) in [6, 6.07) is 10.5. The summed E-state index contributed by atoms with van der Waals surface area (Å²) in [6.45, 7) is 31.2. The Kier molecular flexibility index (Phi) is 12.8. The molecule has 0 aliphatic carbocycles. The molecule has 2 atom stereocenters. The molecular weight excluding hydrogens is 508 g/mol. The Balaban J connectivity index is 3.88. The normalized spacial score (nSPS) is 16.2. The van der Waals surface area contributed by atoms with E-state index in [4.69, 9.17) is 9.47 Å². The van der Waals surface area contributed by atoms with Gasteiger partial charge in [0.15, 0.2) is 0 Å². The van der Waals surface area contributed by atoms with Crippen molar-refractivity contribution in [3.05, 3.63) is 35.9 Å². The second-order valence-electron chi connectivity index (χ2n) is 15.5. The van der Waals surface area contributed by atoms with E-state index in [1.54, 1.807) is 0 Å². The van der Waals surface area contributed by atoms with Crippen LogP contribution in [0.25, 0.3) is 0 Å². The fourth-order valence-corrected chi connectivity index (χ4v) is 6.94. The van der Waals surface area contributed by atoms with Crippen LogP contribution in [-0.2, 0) is 25.5 Å². The predicted octanol–water partition coefficient (Wildman–Crippen LogP) is 10.1. The molecule has 2 unspecified atom stereocenters. The third-order valence-electron chi connectivity index (χ3n) is 11.8. The molecule has 1 aromatic carbocycles. The van der Waals surface area contributed by atoms with Crippen LogP contribution in [0.15, 0.2) is 30.3 Å². The van der Waals surface area contributed by atoms with Crippen molar-refractivity contribution < 1.29 is 19.1 Å². The van der Waals surface area contributed by atoms with Crippen LogP contribution in [0.3, 0.4) is 0 Å². The molecule has 0 aliphatic rings. The maximum atomic E-state index is 14.6. The van der Waals surface area contributed by atoms with E-state index in [9.17, 15) is 9.59 Å². The lowest BCUT2D eigenvalue weighted by Crippen LogP contribution is -2.66. The second kappa shape index (κ2) is 14.1. The first-order valence-electron chi connectivity index (χ1n) is 16.1. The third-order valence-corrected chi connectivity index (χ3v) is 11.8. The first kappa shape index (κ1) is 37.2. The average molecular weight is 573 g/mol. The standard InChI is InChI=1S/C37H64O4/c1-15-17-24-40-30(38)36(13,26-28(3)4)34(9,10)35(11,12)37(14,31(39)41-25-18-16-2)33(7,8)32(5,6)27-29-22-20-19-21-23-29/h19-23,28H,15-18,24-27H2,1-14H3. The Hall–Kier alpha value is -1.84. The summed E-state index contributed by atoms with van der Waals surface area (Å²) in [4.78, 5) is 28.6. The van der Waals surface area contributed by atoms with Crippen molar-refractivity contribution in [1.82, 2.24) is 0 Å². The quantitative estimate of drug-likeness (QED) is 0.138. The summed E-state index contributed by atoms with van der Waals surface area (Å²) >= 11 is 0. The monoisotopic (exact) mass is 572 g/mol. The van der Waals surface area contributed by atoms with Gasteiger partial charge >= 0.3 is 11.9 Å². The molecule has 0 amide bonds. The summed E-state index contributed by atoms with van der Waals surface area (Å²) < 4.78 is 12.1. The van der Waals surface area contributed by atoms with Gasteiger partial charge in [-0.05, 0) is 72.7 Å². The molecule has 0 fully saturated rings. The van der Waals surface area contributed by atoms with Gasteiger partial charge in [0.1, 0.15) is 0 Å². The lowest BCUT2D eigenvalue weighted by molar-refractivity contribution is -0.220. The van der Waals surface area contributed by atoms with Gasteiger partial charge in [-0.25, -0.2) is 0 Å². The number of benzene rings is 1. The van der Waals surface area contributed by atoms with Crippen molar-refractivity contribution in [2.45, 2.75) is 135 Å². The zero-order valence-electron chi connectivity index (χ0n) is 29.3. The van der Waals surface area contributed by atoms with E-state index in [2.05, 4.69) is 121 Å². The molecule has 4 nitrogen and oxygen atoms in total. The molecule has 0 saturated heterocycles.